The minimum Gasteiger partial charge on any atom is -0.321 e. The number of hydrogen-bond donors (Lipinski definition) is 2. The SMILES string of the molecule is CCc1cccc(CC)c1NC(=O)c1cccc(NS(=O)(=O)c2ccccc2)c1. The number of carbonyl (C=O) groups excluding carboxylic acids is 1. The molecule has 5 nitrogen and oxygen atoms in total. The Hall–Kier alpha value is -3.12. The number of nitrogens with one attached hydrogen (secondary N) is 2. The van der Waals surface area contributed by atoms with Crippen LogP contribution in [0, 0.1) is 0 Å². The van der Waals surface area contributed by atoms with E-state index >= 15 is 0 Å². The number of benzene rings is 3. The minimum atomic E-state index is -3.72. The number of carbonyl (C=O) groups is 1. The molecule has 0 radical (unpaired) electrons. The molecule has 0 atom stereocenters. The van der Waals surface area contributed by atoms with Crippen LogP contribution < -0.4 is 10.0 Å². The van der Waals surface area contributed by atoms with Crippen molar-refractivity contribution in [2.45, 2.75) is 31.6 Å². The van der Waals surface area contributed by atoms with E-state index in [1.807, 2.05) is 32.0 Å². The number of sulfonamides is 1. The molecule has 0 fully saturated rings. The Morgan fingerprint density at radius 3 is 2.07 bits per heavy atom. The average Bonchev–Trinajstić information content (AvgIpc) is 2.74. The monoisotopic (exact) mass is 408 g/mol. The van der Waals surface area contributed by atoms with Crippen LogP contribution in [0.25, 0.3) is 0 Å². The zero-order valence-corrected chi connectivity index (χ0v) is 17.3. The fraction of sp³-hybridized carbons (Fsp3) is 0.174. The van der Waals surface area contributed by atoms with E-state index < -0.39 is 10.0 Å². The first kappa shape index (κ1) is 20.6. The molecule has 29 heavy (non-hydrogen) atoms. The quantitative estimate of drug-likeness (QED) is 0.586. The third-order valence-electron chi connectivity index (χ3n) is 4.67. The van der Waals surface area contributed by atoms with Gasteiger partial charge in [0.25, 0.3) is 15.9 Å². The van der Waals surface area contributed by atoms with Crippen LogP contribution in [-0.2, 0) is 22.9 Å². The number of aryl methyl sites for hydroxylation is 2. The second kappa shape index (κ2) is 8.92. The Morgan fingerprint density at radius 2 is 1.45 bits per heavy atom. The summed E-state index contributed by atoms with van der Waals surface area (Å²) in [5.74, 6) is -0.277. The van der Waals surface area contributed by atoms with Crippen LogP contribution in [0.4, 0.5) is 11.4 Å². The summed E-state index contributed by atoms with van der Waals surface area (Å²) in [6.07, 6.45) is 1.61. The van der Waals surface area contributed by atoms with E-state index in [4.69, 9.17) is 0 Å². The fourth-order valence-corrected chi connectivity index (χ4v) is 4.20. The average molecular weight is 409 g/mol. The van der Waals surface area contributed by atoms with Gasteiger partial charge in [0.15, 0.2) is 0 Å². The van der Waals surface area contributed by atoms with Crippen molar-refractivity contribution in [3.8, 4) is 0 Å². The molecule has 1 amide bonds. The highest BCUT2D eigenvalue weighted by atomic mass is 32.2. The Bertz CT molecular complexity index is 1090. The van der Waals surface area contributed by atoms with E-state index in [0.29, 0.717) is 11.3 Å². The number of hydrogen-bond acceptors (Lipinski definition) is 3. The van der Waals surface area contributed by atoms with Crippen LogP contribution in [0.15, 0.2) is 77.7 Å². The molecular weight excluding hydrogens is 384 g/mol. The fourth-order valence-electron chi connectivity index (χ4n) is 3.13. The standard InChI is InChI=1S/C23H24N2O3S/c1-3-17-10-8-11-18(4-2)22(17)24-23(26)19-12-9-13-20(16-19)25-29(27,28)21-14-6-5-7-15-21/h5-16,25H,3-4H2,1-2H3,(H,24,26). The number of amides is 1. The van der Waals surface area contributed by atoms with Crippen LogP contribution in [0.1, 0.15) is 35.3 Å². The van der Waals surface area contributed by atoms with Crippen molar-refractivity contribution in [3.05, 3.63) is 89.5 Å². The highest BCUT2D eigenvalue weighted by Crippen LogP contribution is 2.24. The zero-order chi connectivity index (χ0) is 20.9. The first-order valence-electron chi connectivity index (χ1n) is 9.54. The lowest BCUT2D eigenvalue weighted by molar-refractivity contribution is 0.102. The van der Waals surface area contributed by atoms with Gasteiger partial charge in [0, 0.05) is 16.9 Å². The lowest BCUT2D eigenvalue weighted by Gasteiger charge is -2.15. The van der Waals surface area contributed by atoms with Gasteiger partial charge < -0.3 is 5.32 Å². The summed E-state index contributed by atoms with van der Waals surface area (Å²) in [6.45, 7) is 4.09. The molecule has 0 bridgehead atoms. The van der Waals surface area contributed by atoms with Crippen molar-refractivity contribution in [2.24, 2.45) is 0 Å². The van der Waals surface area contributed by atoms with Gasteiger partial charge in [-0.1, -0.05) is 56.3 Å². The first-order chi connectivity index (χ1) is 13.9. The van der Waals surface area contributed by atoms with Crippen LogP contribution in [0.3, 0.4) is 0 Å². The van der Waals surface area contributed by atoms with Crippen molar-refractivity contribution >= 4 is 27.3 Å². The van der Waals surface area contributed by atoms with Crippen molar-refractivity contribution in [2.75, 3.05) is 10.0 Å². The highest BCUT2D eigenvalue weighted by Gasteiger charge is 2.16. The molecule has 0 spiro atoms. The Morgan fingerprint density at radius 1 is 0.828 bits per heavy atom. The van der Waals surface area contributed by atoms with Gasteiger partial charge in [-0.3, -0.25) is 9.52 Å². The molecule has 0 aliphatic carbocycles. The summed E-state index contributed by atoms with van der Waals surface area (Å²) in [6, 6.07) is 20.6. The molecule has 3 aromatic rings. The lowest BCUT2D eigenvalue weighted by Crippen LogP contribution is -2.16. The van der Waals surface area contributed by atoms with Crippen LogP contribution in [-0.4, -0.2) is 14.3 Å². The molecule has 0 heterocycles. The van der Waals surface area contributed by atoms with Crippen molar-refractivity contribution in [1.29, 1.82) is 0 Å². The summed E-state index contributed by atoms with van der Waals surface area (Å²) in [4.78, 5) is 13.0. The van der Waals surface area contributed by atoms with Gasteiger partial charge in [0.05, 0.1) is 4.90 Å². The Balaban J connectivity index is 1.84. The predicted octanol–water partition coefficient (Wildman–Crippen LogP) is 4.86. The third-order valence-corrected chi connectivity index (χ3v) is 6.07. The van der Waals surface area contributed by atoms with Gasteiger partial charge in [-0.15, -0.1) is 0 Å². The molecule has 0 saturated carbocycles. The first-order valence-corrected chi connectivity index (χ1v) is 11.0. The summed E-state index contributed by atoms with van der Waals surface area (Å²) < 4.78 is 27.6. The topological polar surface area (TPSA) is 75.3 Å². The molecule has 0 unspecified atom stereocenters. The Labute approximate surface area is 171 Å². The smallest absolute Gasteiger partial charge is 0.261 e. The molecule has 0 aromatic heterocycles. The van der Waals surface area contributed by atoms with Gasteiger partial charge in [0.1, 0.15) is 0 Å². The zero-order valence-electron chi connectivity index (χ0n) is 16.5. The van der Waals surface area contributed by atoms with E-state index in [-0.39, 0.29) is 10.8 Å². The maximum absolute atomic E-state index is 12.8. The van der Waals surface area contributed by atoms with E-state index in [0.717, 1.165) is 29.7 Å². The summed E-state index contributed by atoms with van der Waals surface area (Å²) >= 11 is 0. The predicted molar refractivity (Wildman–Crippen MR) is 117 cm³/mol. The number of anilines is 2. The normalized spacial score (nSPS) is 11.1. The van der Waals surface area contributed by atoms with Gasteiger partial charge in [0.2, 0.25) is 0 Å². The molecular formula is C23H24N2O3S. The molecule has 0 saturated heterocycles. The van der Waals surface area contributed by atoms with E-state index in [1.165, 1.54) is 18.2 Å². The number of para-hydroxylation sites is 1. The largest absolute Gasteiger partial charge is 0.321 e. The third kappa shape index (κ3) is 4.84. The van der Waals surface area contributed by atoms with E-state index in [9.17, 15) is 13.2 Å². The minimum absolute atomic E-state index is 0.166. The lowest BCUT2D eigenvalue weighted by atomic mass is 10.0. The van der Waals surface area contributed by atoms with Crippen molar-refractivity contribution < 1.29 is 13.2 Å². The summed E-state index contributed by atoms with van der Waals surface area (Å²) in [7, 11) is -3.72. The second-order valence-electron chi connectivity index (χ2n) is 6.61. The van der Waals surface area contributed by atoms with Gasteiger partial charge >= 0.3 is 0 Å². The molecule has 2 N–H and O–H groups in total. The maximum Gasteiger partial charge on any atom is 0.261 e. The molecule has 0 aliphatic rings. The molecule has 3 rings (SSSR count). The second-order valence-corrected chi connectivity index (χ2v) is 8.29. The van der Waals surface area contributed by atoms with Gasteiger partial charge in [-0.05, 0) is 54.3 Å². The Kier molecular flexibility index (Phi) is 6.34. The van der Waals surface area contributed by atoms with E-state index in [2.05, 4.69) is 10.0 Å². The van der Waals surface area contributed by atoms with E-state index in [1.54, 1.807) is 36.4 Å². The summed E-state index contributed by atoms with van der Waals surface area (Å²) in [5.41, 5.74) is 3.68. The van der Waals surface area contributed by atoms with Crippen molar-refractivity contribution in [3.63, 3.8) is 0 Å². The van der Waals surface area contributed by atoms with Gasteiger partial charge in [-0.2, -0.15) is 0 Å². The van der Waals surface area contributed by atoms with Crippen LogP contribution in [0.2, 0.25) is 0 Å². The summed E-state index contributed by atoms with van der Waals surface area (Å²) in [5, 5.41) is 3.00. The number of rotatable bonds is 7. The van der Waals surface area contributed by atoms with Crippen molar-refractivity contribution in [1.82, 2.24) is 0 Å². The molecule has 0 aliphatic heterocycles. The van der Waals surface area contributed by atoms with Crippen LogP contribution in [0.5, 0.6) is 0 Å². The van der Waals surface area contributed by atoms with Gasteiger partial charge in [-0.25, -0.2) is 8.42 Å². The molecule has 3 aromatic carbocycles. The molecule has 150 valence electrons. The maximum atomic E-state index is 12.8. The molecule has 6 heteroatoms. The highest BCUT2D eigenvalue weighted by molar-refractivity contribution is 7.92. The van der Waals surface area contributed by atoms with Crippen LogP contribution >= 0.6 is 0 Å².